The molecular weight excluding hydrogens is 180 g/mol. The number of benzene rings is 1. The fourth-order valence-corrected chi connectivity index (χ4v) is 1.94. The lowest BCUT2D eigenvalue weighted by Gasteiger charge is -2.15. The molecule has 0 nitrogen and oxygen atoms in total. The van der Waals surface area contributed by atoms with Crippen LogP contribution in [0, 0.1) is 0 Å². The van der Waals surface area contributed by atoms with Gasteiger partial charge < -0.3 is 0 Å². The van der Waals surface area contributed by atoms with E-state index < -0.39 is 0 Å². The molecule has 1 aromatic carbocycles. The first kappa shape index (κ1) is 9.97. The maximum absolute atomic E-state index is 4.12. The molecule has 0 N–H and O–H groups in total. The third-order valence-electron chi connectivity index (χ3n) is 2.97. The predicted molar refractivity (Wildman–Crippen MR) is 66.0 cm³/mol. The summed E-state index contributed by atoms with van der Waals surface area (Å²) in [5.41, 5.74) is 3.99. The van der Waals surface area contributed by atoms with Crippen LogP contribution in [0.25, 0.3) is 0 Å². The van der Waals surface area contributed by atoms with Gasteiger partial charge in [0.25, 0.3) is 0 Å². The topological polar surface area (TPSA) is 0 Å². The number of rotatable bonds is 0. The van der Waals surface area contributed by atoms with Gasteiger partial charge in [-0.3, -0.25) is 0 Å². The van der Waals surface area contributed by atoms with Crippen molar-refractivity contribution in [3.05, 3.63) is 71.8 Å². The third kappa shape index (κ3) is 2.10. The van der Waals surface area contributed by atoms with Gasteiger partial charge >= 0.3 is 0 Å². The van der Waals surface area contributed by atoms with E-state index >= 15 is 0 Å². The second-order valence-corrected chi connectivity index (χ2v) is 3.99. The van der Waals surface area contributed by atoms with E-state index in [1.54, 1.807) is 0 Å². The minimum atomic E-state index is 0.414. The van der Waals surface area contributed by atoms with Crippen LogP contribution in [0.1, 0.15) is 24.0 Å². The minimum absolute atomic E-state index is 0.414. The first-order valence-electron chi connectivity index (χ1n) is 5.39. The second-order valence-electron chi connectivity index (χ2n) is 3.99. The number of hydrogen-bond donors (Lipinski definition) is 0. The molecule has 1 unspecified atom stereocenters. The highest BCUT2D eigenvalue weighted by atomic mass is 14.2. The van der Waals surface area contributed by atoms with Crippen molar-refractivity contribution < 1.29 is 0 Å². The van der Waals surface area contributed by atoms with Gasteiger partial charge in [-0.1, -0.05) is 62.1 Å². The lowest BCUT2D eigenvalue weighted by molar-refractivity contribution is 0.907. The largest absolute Gasteiger partial charge is 0.0952 e. The Labute approximate surface area is 91.6 Å². The average molecular weight is 196 g/mol. The summed E-state index contributed by atoms with van der Waals surface area (Å²) >= 11 is 0. The van der Waals surface area contributed by atoms with E-state index in [1.807, 2.05) is 0 Å². The molecule has 0 saturated carbocycles. The lowest BCUT2D eigenvalue weighted by Crippen LogP contribution is -1.99. The highest BCUT2D eigenvalue weighted by molar-refractivity contribution is 5.40. The van der Waals surface area contributed by atoms with Crippen LogP contribution in [0.3, 0.4) is 0 Å². The Bertz CT molecular complexity index is 421. The molecule has 0 aliphatic heterocycles. The van der Waals surface area contributed by atoms with Gasteiger partial charge in [0.1, 0.15) is 0 Å². The van der Waals surface area contributed by atoms with Gasteiger partial charge in [-0.15, -0.1) is 0 Å². The summed E-state index contributed by atoms with van der Waals surface area (Å²) in [4.78, 5) is 0. The Morgan fingerprint density at radius 1 is 1.20 bits per heavy atom. The average Bonchev–Trinajstić information content (AvgIpc) is 2.33. The van der Waals surface area contributed by atoms with Crippen LogP contribution < -0.4 is 0 Å². The summed E-state index contributed by atoms with van der Waals surface area (Å²) in [7, 11) is 0. The van der Waals surface area contributed by atoms with Gasteiger partial charge in [0.15, 0.2) is 0 Å². The Hall–Kier alpha value is -1.56. The molecule has 1 aliphatic rings. The van der Waals surface area contributed by atoms with Gasteiger partial charge in [-0.2, -0.15) is 0 Å². The number of allylic oxidation sites excluding steroid dienone is 5. The van der Waals surface area contributed by atoms with Crippen molar-refractivity contribution in [1.82, 2.24) is 0 Å². The van der Waals surface area contributed by atoms with Crippen molar-refractivity contribution in [3.63, 3.8) is 0 Å². The lowest BCUT2D eigenvalue weighted by atomic mass is 9.89. The molecule has 0 heteroatoms. The number of fused-ring (bicyclic) bond motifs is 1. The molecule has 1 atom stereocenters. The van der Waals surface area contributed by atoms with Gasteiger partial charge in [0.05, 0.1) is 0 Å². The van der Waals surface area contributed by atoms with Crippen molar-refractivity contribution >= 4 is 0 Å². The van der Waals surface area contributed by atoms with E-state index in [0.717, 1.165) is 6.42 Å². The maximum Gasteiger partial charge on any atom is 0.00579 e. The van der Waals surface area contributed by atoms with Crippen LogP contribution in [-0.4, -0.2) is 0 Å². The van der Waals surface area contributed by atoms with E-state index in [-0.39, 0.29) is 0 Å². The summed E-state index contributed by atoms with van der Waals surface area (Å²) in [6.45, 7) is 6.34. The Balaban J connectivity index is 2.48. The van der Waals surface area contributed by atoms with E-state index in [0.29, 0.717) is 5.92 Å². The zero-order valence-corrected chi connectivity index (χ0v) is 9.11. The van der Waals surface area contributed by atoms with Gasteiger partial charge in [0.2, 0.25) is 0 Å². The molecular formula is C15H16. The van der Waals surface area contributed by atoms with Crippen molar-refractivity contribution in [2.45, 2.75) is 19.3 Å². The van der Waals surface area contributed by atoms with Gasteiger partial charge in [0, 0.05) is 5.92 Å². The molecule has 0 radical (unpaired) electrons. The predicted octanol–water partition coefficient (Wildman–Crippen LogP) is 4.01. The summed E-state index contributed by atoms with van der Waals surface area (Å²) < 4.78 is 0. The zero-order valence-electron chi connectivity index (χ0n) is 9.11. The highest BCUT2D eigenvalue weighted by Crippen LogP contribution is 2.27. The highest BCUT2D eigenvalue weighted by Gasteiger charge is 2.11. The van der Waals surface area contributed by atoms with Crippen LogP contribution in [0.15, 0.2) is 60.7 Å². The number of hydrogen-bond acceptors (Lipinski definition) is 0. The fourth-order valence-electron chi connectivity index (χ4n) is 1.94. The van der Waals surface area contributed by atoms with E-state index in [1.165, 1.54) is 16.7 Å². The molecule has 0 bridgehead atoms. The fraction of sp³-hybridized carbons (Fsp3) is 0.200. The standard InChI is InChI=1S/C15H16/c1-12-8-4-3-5-9-14-10-6-7-11-15(14)13(12)2/h3-8,10-11,13H,1,9H2,2H3/b5-3-,8-4-. The summed E-state index contributed by atoms with van der Waals surface area (Å²) in [6, 6.07) is 8.62. The van der Waals surface area contributed by atoms with Crippen LogP contribution in [0.4, 0.5) is 0 Å². The molecule has 15 heavy (non-hydrogen) atoms. The Kier molecular flexibility index (Phi) is 2.86. The smallest absolute Gasteiger partial charge is 0.00579 e. The normalized spacial score (nSPS) is 24.6. The first-order valence-corrected chi connectivity index (χ1v) is 5.39. The van der Waals surface area contributed by atoms with Crippen LogP contribution in [-0.2, 0) is 6.42 Å². The Morgan fingerprint density at radius 2 is 2.00 bits per heavy atom. The van der Waals surface area contributed by atoms with Crippen LogP contribution in [0.5, 0.6) is 0 Å². The molecule has 0 aromatic heterocycles. The van der Waals surface area contributed by atoms with Crippen LogP contribution in [0.2, 0.25) is 0 Å². The van der Waals surface area contributed by atoms with E-state index in [4.69, 9.17) is 0 Å². The maximum atomic E-state index is 4.12. The summed E-state index contributed by atoms with van der Waals surface area (Å²) in [6.07, 6.45) is 9.48. The van der Waals surface area contributed by atoms with E-state index in [9.17, 15) is 0 Å². The molecule has 0 amide bonds. The second kappa shape index (κ2) is 4.31. The van der Waals surface area contributed by atoms with Crippen molar-refractivity contribution in [3.8, 4) is 0 Å². The molecule has 0 saturated heterocycles. The molecule has 0 fully saturated rings. The van der Waals surface area contributed by atoms with E-state index in [2.05, 4.69) is 62.1 Å². The molecule has 1 aliphatic carbocycles. The molecule has 1 aromatic rings. The molecule has 2 rings (SSSR count). The van der Waals surface area contributed by atoms with Crippen LogP contribution >= 0.6 is 0 Å². The van der Waals surface area contributed by atoms with Crippen molar-refractivity contribution in [2.24, 2.45) is 0 Å². The quantitative estimate of drug-likeness (QED) is 0.588. The zero-order chi connectivity index (χ0) is 10.7. The molecule has 0 spiro atoms. The minimum Gasteiger partial charge on any atom is -0.0952 e. The Morgan fingerprint density at radius 3 is 2.87 bits per heavy atom. The third-order valence-corrected chi connectivity index (χ3v) is 2.97. The van der Waals surface area contributed by atoms with Gasteiger partial charge in [-0.05, 0) is 23.1 Å². The van der Waals surface area contributed by atoms with Gasteiger partial charge in [-0.25, -0.2) is 0 Å². The SMILES string of the molecule is C=C1/C=C\C=C/Cc2ccccc2C1C. The summed E-state index contributed by atoms with van der Waals surface area (Å²) in [5.74, 6) is 0.414. The molecule has 76 valence electrons. The van der Waals surface area contributed by atoms with Crippen molar-refractivity contribution in [2.75, 3.05) is 0 Å². The summed E-state index contributed by atoms with van der Waals surface area (Å²) in [5, 5.41) is 0. The first-order chi connectivity index (χ1) is 7.29. The monoisotopic (exact) mass is 196 g/mol. The molecule has 0 heterocycles. The van der Waals surface area contributed by atoms with Crippen molar-refractivity contribution in [1.29, 1.82) is 0 Å².